The van der Waals surface area contributed by atoms with Crippen molar-refractivity contribution < 1.29 is 0 Å². The van der Waals surface area contributed by atoms with Gasteiger partial charge >= 0.3 is 0 Å². The first-order valence-electron chi connectivity index (χ1n) is 6.46. The highest BCUT2D eigenvalue weighted by Gasteiger charge is 2.21. The van der Waals surface area contributed by atoms with Crippen molar-refractivity contribution in [1.29, 1.82) is 0 Å². The SMILES string of the molecule is CCCCCCc1cnc(NC2CC2)nc1. The lowest BCUT2D eigenvalue weighted by Crippen LogP contribution is -2.05. The van der Waals surface area contributed by atoms with Crippen molar-refractivity contribution in [2.75, 3.05) is 5.32 Å². The van der Waals surface area contributed by atoms with Gasteiger partial charge in [0.2, 0.25) is 5.95 Å². The van der Waals surface area contributed by atoms with E-state index in [0.29, 0.717) is 6.04 Å². The second-order valence-electron chi connectivity index (χ2n) is 4.64. The normalized spacial score (nSPS) is 15.1. The molecule has 0 atom stereocenters. The van der Waals surface area contributed by atoms with Crippen LogP contribution in [0.1, 0.15) is 51.0 Å². The fourth-order valence-corrected chi connectivity index (χ4v) is 1.72. The number of nitrogens with one attached hydrogen (secondary N) is 1. The first-order chi connectivity index (χ1) is 7.88. The molecule has 1 aliphatic carbocycles. The minimum atomic E-state index is 0.635. The molecule has 0 aromatic carbocycles. The molecule has 1 aromatic rings. The molecule has 1 N–H and O–H groups in total. The maximum atomic E-state index is 4.34. The van der Waals surface area contributed by atoms with Crippen LogP contribution in [0.5, 0.6) is 0 Å². The van der Waals surface area contributed by atoms with Crippen LogP contribution in [0.2, 0.25) is 0 Å². The lowest BCUT2D eigenvalue weighted by Gasteiger charge is -2.03. The van der Waals surface area contributed by atoms with E-state index in [1.165, 1.54) is 44.1 Å². The summed E-state index contributed by atoms with van der Waals surface area (Å²) in [6.45, 7) is 2.24. The van der Waals surface area contributed by atoms with Gasteiger partial charge in [0.05, 0.1) is 0 Å². The van der Waals surface area contributed by atoms with Crippen LogP contribution < -0.4 is 5.32 Å². The second-order valence-corrected chi connectivity index (χ2v) is 4.64. The van der Waals surface area contributed by atoms with Crippen molar-refractivity contribution in [3.8, 4) is 0 Å². The predicted molar refractivity (Wildman–Crippen MR) is 66.5 cm³/mol. The van der Waals surface area contributed by atoms with Crippen LogP contribution in [0.25, 0.3) is 0 Å². The Morgan fingerprint density at radius 2 is 1.94 bits per heavy atom. The molecule has 0 aliphatic heterocycles. The predicted octanol–water partition coefficient (Wildman–Crippen LogP) is 3.17. The molecule has 0 amide bonds. The van der Waals surface area contributed by atoms with E-state index in [2.05, 4.69) is 22.2 Å². The molecular formula is C13H21N3. The van der Waals surface area contributed by atoms with Crippen molar-refractivity contribution in [1.82, 2.24) is 9.97 Å². The van der Waals surface area contributed by atoms with Crippen LogP contribution in [-0.4, -0.2) is 16.0 Å². The molecule has 0 radical (unpaired) electrons. The van der Waals surface area contributed by atoms with Gasteiger partial charge in [0.1, 0.15) is 0 Å². The number of rotatable bonds is 7. The van der Waals surface area contributed by atoms with Gasteiger partial charge < -0.3 is 5.32 Å². The lowest BCUT2D eigenvalue weighted by atomic mass is 10.1. The Morgan fingerprint density at radius 1 is 1.19 bits per heavy atom. The summed E-state index contributed by atoms with van der Waals surface area (Å²) in [5, 5.41) is 3.30. The fraction of sp³-hybridized carbons (Fsp3) is 0.692. The molecule has 1 heterocycles. The number of nitrogens with zero attached hydrogens (tertiary/aromatic N) is 2. The summed E-state index contributed by atoms with van der Waals surface area (Å²) in [6, 6.07) is 0.635. The molecule has 0 unspecified atom stereocenters. The molecule has 1 aliphatic rings. The Morgan fingerprint density at radius 3 is 2.56 bits per heavy atom. The highest BCUT2D eigenvalue weighted by Crippen LogP contribution is 2.22. The van der Waals surface area contributed by atoms with Gasteiger partial charge in [0.25, 0.3) is 0 Å². The minimum Gasteiger partial charge on any atom is -0.351 e. The van der Waals surface area contributed by atoms with E-state index in [-0.39, 0.29) is 0 Å². The van der Waals surface area contributed by atoms with E-state index < -0.39 is 0 Å². The van der Waals surface area contributed by atoms with Gasteiger partial charge in [-0.3, -0.25) is 0 Å². The number of hydrogen-bond acceptors (Lipinski definition) is 3. The fourth-order valence-electron chi connectivity index (χ4n) is 1.72. The zero-order chi connectivity index (χ0) is 11.2. The van der Waals surface area contributed by atoms with E-state index >= 15 is 0 Å². The van der Waals surface area contributed by atoms with Crippen molar-refractivity contribution in [2.24, 2.45) is 0 Å². The first kappa shape index (κ1) is 11.4. The highest BCUT2D eigenvalue weighted by atomic mass is 15.1. The van der Waals surface area contributed by atoms with Crippen LogP contribution in [-0.2, 0) is 6.42 Å². The van der Waals surface area contributed by atoms with E-state index in [4.69, 9.17) is 0 Å². The van der Waals surface area contributed by atoms with E-state index in [0.717, 1.165) is 12.4 Å². The van der Waals surface area contributed by atoms with Crippen LogP contribution in [0.3, 0.4) is 0 Å². The Hall–Kier alpha value is -1.12. The molecule has 88 valence electrons. The van der Waals surface area contributed by atoms with Gasteiger partial charge in [-0.2, -0.15) is 0 Å². The summed E-state index contributed by atoms with van der Waals surface area (Å²) < 4.78 is 0. The summed E-state index contributed by atoms with van der Waals surface area (Å²) in [6.07, 6.45) is 12.8. The largest absolute Gasteiger partial charge is 0.351 e. The molecule has 1 aromatic heterocycles. The molecule has 3 heteroatoms. The zero-order valence-electron chi connectivity index (χ0n) is 10.1. The third-order valence-electron chi connectivity index (χ3n) is 2.93. The third kappa shape index (κ3) is 3.80. The Labute approximate surface area is 97.7 Å². The quantitative estimate of drug-likeness (QED) is 0.716. The summed E-state index contributed by atoms with van der Waals surface area (Å²) in [5.41, 5.74) is 1.26. The molecule has 16 heavy (non-hydrogen) atoms. The third-order valence-corrected chi connectivity index (χ3v) is 2.93. The van der Waals surface area contributed by atoms with Crippen LogP contribution in [0, 0.1) is 0 Å². The Bertz CT molecular complexity index is 303. The molecular weight excluding hydrogens is 198 g/mol. The van der Waals surface area contributed by atoms with E-state index in [1.54, 1.807) is 0 Å². The Kier molecular flexibility index (Phi) is 4.14. The van der Waals surface area contributed by atoms with E-state index in [1.807, 2.05) is 12.4 Å². The average molecular weight is 219 g/mol. The number of unbranched alkanes of at least 4 members (excludes halogenated alkanes) is 3. The second kappa shape index (κ2) is 5.83. The summed E-state index contributed by atoms with van der Waals surface area (Å²) >= 11 is 0. The molecule has 2 rings (SSSR count). The molecule has 0 spiro atoms. The molecule has 0 bridgehead atoms. The van der Waals surface area contributed by atoms with Crippen molar-refractivity contribution in [3.05, 3.63) is 18.0 Å². The lowest BCUT2D eigenvalue weighted by molar-refractivity contribution is 0.665. The topological polar surface area (TPSA) is 37.8 Å². The number of aryl methyl sites for hydroxylation is 1. The van der Waals surface area contributed by atoms with Gasteiger partial charge in [0.15, 0.2) is 0 Å². The maximum absolute atomic E-state index is 4.34. The van der Waals surface area contributed by atoms with Crippen LogP contribution in [0.15, 0.2) is 12.4 Å². The van der Waals surface area contributed by atoms with Gasteiger partial charge in [-0.25, -0.2) is 9.97 Å². The summed E-state index contributed by atoms with van der Waals surface area (Å²) in [5.74, 6) is 0.791. The van der Waals surface area contributed by atoms with Gasteiger partial charge in [-0.15, -0.1) is 0 Å². The minimum absolute atomic E-state index is 0.635. The zero-order valence-corrected chi connectivity index (χ0v) is 10.1. The Balaban J connectivity index is 1.72. The monoisotopic (exact) mass is 219 g/mol. The molecule has 3 nitrogen and oxygen atoms in total. The van der Waals surface area contributed by atoms with Crippen LogP contribution >= 0.6 is 0 Å². The average Bonchev–Trinajstić information content (AvgIpc) is 3.11. The summed E-state index contributed by atoms with van der Waals surface area (Å²) in [4.78, 5) is 8.67. The molecule has 1 fully saturated rings. The number of anilines is 1. The van der Waals surface area contributed by atoms with Crippen molar-refractivity contribution >= 4 is 5.95 Å². The van der Waals surface area contributed by atoms with Crippen molar-refractivity contribution in [2.45, 2.75) is 57.9 Å². The number of hydrogen-bond donors (Lipinski definition) is 1. The van der Waals surface area contributed by atoms with Gasteiger partial charge in [-0.1, -0.05) is 26.2 Å². The van der Waals surface area contributed by atoms with Gasteiger partial charge in [0, 0.05) is 18.4 Å². The molecule has 0 saturated heterocycles. The van der Waals surface area contributed by atoms with Crippen LogP contribution in [0.4, 0.5) is 5.95 Å². The standard InChI is InChI=1S/C13H21N3/c1-2-3-4-5-6-11-9-14-13(15-10-11)16-12-7-8-12/h9-10,12H,2-8H2,1H3,(H,14,15,16). The number of aromatic nitrogens is 2. The van der Waals surface area contributed by atoms with Gasteiger partial charge in [-0.05, 0) is 31.2 Å². The summed E-state index contributed by atoms with van der Waals surface area (Å²) in [7, 11) is 0. The molecule has 1 saturated carbocycles. The highest BCUT2D eigenvalue weighted by molar-refractivity contribution is 5.28. The smallest absolute Gasteiger partial charge is 0.222 e. The first-order valence-corrected chi connectivity index (χ1v) is 6.46. The van der Waals surface area contributed by atoms with E-state index in [9.17, 15) is 0 Å². The van der Waals surface area contributed by atoms with Crippen molar-refractivity contribution in [3.63, 3.8) is 0 Å². The maximum Gasteiger partial charge on any atom is 0.222 e.